The van der Waals surface area contributed by atoms with Gasteiger partial charge in [-0.2, -0.15) is 5.10 Å². The smallest absolute Gasteiger partial charge is 0.481 e. The fraction of sp³-hybridized carbons (Fsp3) is 0.500. The number of carboxylic acids is 1. The zero-order chi connectivity index (χ0) is 28.9. The Labute approximate surface area is 231 Å². The van der Waals surface area contributed by atoms with Crippen LogP contribution < -0.4 is 10.1 Å². The maximum atomic E-state index is 13.3. The van der Waals surface area contributed by atoms with Crippen molar-refractivity contribution in [3.05, 3.63) is 42.1 Å². The van der Waals surface area contributed by atoms with E-state index in [1.54, 1.807) is 26.2 Å². The molecule has 2 N–H and O–H groups in total. The molecule has 1 aromatic carbocycles. The Bertz CT molecular complexity index is 1130. The van der Waals surface area contributed by atoms with Gasteiger partial charge < -0.3 is 34.4 Å². The summed E-state index contributed by atoms with van der Waals surface area (Å²) in [6.07, 6.45) is -0.637. The first kappa shape index (κ1) is 30.4. The number of hydroxylamine groups is 2. The van der Waals surface area contributed by atoms with E-state index in [1.807, 2.05) is 18.2 Å². The first-order valence-electron chi connectivity index (χ1n) is 13.0. The number of methoxy groups -OCH3 is 1. The molecular formula is C26H35N5O9. The Hall–Kier alpha value is -4.17. The Balaban J connectivity index is 1.71. The number of hydrogen-bond donors (Lipinski definition) is 2. The van der Waals surface area contributed by atoms with Crippen LogP contribution in [0.1, 0.15) is 36.7 Å². The van der Waals surface area contributed by atoms with Crippen LogP contribution in [0.3, 0.4) is 0 Å². The zero-order valence-electron chi connectivity index (χ0n) is 22.6. The van der Waals surface area contributed by atoms with E-state index in [2.05, 4.69) is 10.4 Å². The van der Waals surface area contributed by atoms with E-state index in [-0.39, 0.29) is 51.3 Å². The number of carbonyl (C=O) groups excluding carboxylic acids is 3. The van der Waals surface area contributed by atoms with Crippen LogP contribution in [-0.2, 0) is 23.9 Å². The largest absolute Gasteiger partial charge is 0.527 e. The van der Waals surface area contributed by atoms with Gasteiger partial charge in [0.25, 0.3) is 5.91 Å². The molecule has 0 aliphatic carbocycles. The molecule has 40 heavy (non-hydrogen) atoms. The molecule has 2 aromatic rings. The van der Waals surface area contributed by atoms with Gasteiger partial charge in [-0.3, -0.25) is 14.4 Å². The lowest BCUT2D eigenvalue weighted by atomic mass is 10.1. The Morgan fingerprint density at radius 3 is 2.45 bits per heavy atom. The van der Waals surface area contributed by atoms with Gasteiger partial charge in [0.15, 0.2) is 5.69 Å². The second-order valence-corrected chi connectivity index (χ2v) is 8.80. The monoisotopic (exact) mass is 561 g/mol. The van der Waals surface area contributed by atoms with Gasteiger partial charge in [-0.25, -0.2) is 9.48 Å². The predicted octanol–water partition coefficient (Wildman–Crippen LogP) is 1.48. The van der Waals surface area contributed by atoms with E-state index >= 15 is 0 Å². The van der Waals surface area contributed by atoms with Crippen molar-refractivity contribution in [3.8, 4) is 11.6 Å². The highest BCUT2D eigenvalue weighted by Crippen LogP contribution is 2.20. The van der Waals surface area contributed by atoms with Gasteiger partial charge in [0.2, 0.25) is 11.8 Å². The fourth-order valence-electron chi connectivity index (χ4n) is 3.94. The first-order valence-corrected chi connectivity index (χ1v) is 13.0. The summed E-state index contributed by atoms with van der Waals surface area (Å²) in [5.41, 5.74) is 0.677. The summed E-state index contributed by atoms with van der Waals surface area (Å²) in [7, 11) is 1.59. The number of aromatic nitrogens is 2. The molecule has 2 amide bonds. The molecule has 1 aromatic heterocycles. The van der Waals surface area contributed by atoms with Gasteiger partial charge in [-0.1, -0.05) is 18.2 Å². The lowest BCUT2D eigenvalue weighted by Gasteiger charge is -2.35. The molecule has 14 heteroatoms. The van der Waals surface area contributed by atoms with Gasteiger partial charge in [-0.05, 0) is 25.5 Å². The highest BCUT2D eigenvalue weighted by atomic mass is 16.8. The van der Waals surface area contributed by atoms with Crippen LogP contribution >= 0.6 is 0 Å². The molecule has 14 nitrogen and oxygen atoms in total. The number of carbonyl (C=O) groups is 4. The third-order valence-electron chi connectivity index (χ3n) is 5.92. The number of rotatable bonds is 14. The minimum absolute atomic E-state index is 0.00590. The second-order valence-electron chi connectivity index (χ2n) is 8.80. The van der Waals surface area contributed by atoms with E-state index in [4.69, 9.17) is 19.0 Å². The van der Waals surface area contributed by atoms with Crippen molar-refractivity contribution in [1.82, 2.24) is 25.1 Å². The van der Waals surface area contributed by atoms with Crippen LogP contribution in [-0.4, -0.2) is 108 Å². The quantitative estimate of drug-likeness (QED) is 0.254. The lowest BCUT2D eigenvalue weighted by Crippen LogP contribution is -2.55. The number of hydrogen-bond acceptors (Lipinski definition) is 10. The number of aliphatic carboxylic acids is 1. The van der Waals surface area contributed by atoms with Crippen molar-refractivity contribution in [3.63, 3.8) is 0 Å². The molecule has 0 saturated carbocycles. The van der Waals surface area contributed by atoms with E-state index in [0.29, 0.717) is 31.2 Å². The maximum absolute atomic E-state index is 13.3. The number of nitrogens with zero attached hydrogens (tertiary/aromatic N) is 4. The molecule has 2 heterocycles. The van der Waals surface area contributed by atoms with E-state index in [0.717, 1.165) is 0 Å². The van der Waals surface area contributed by atoms with E-state index in [9.17, 15) is 24.3 Å². The number of ether oxygens (including phenoxy) is 3. The van der Waals surface area contributed by atoms with Gasteiger partial charge in [0, 0.05) is 45.7 Å². The molecular weight excluding hydrogens is 526 g/mol. The summed E-state index contributed by atoms with van der Waals surface area (Å²) in [6, 6.07) is 9.48. The molecule has 0 radical (unpaired) electrons. The average Bonchev–Trinajstić information content (AvgIpc) is 3.38. The van der Waals surface area contributed by atoms with Crippen LogP contribution in [0.4, 0.5) is 4.79 Å². The number of piperazine rings is 1. The van der Waals surface area contributed by atoms with Crippen LogP contribution in [0.25, 0.3) is 5.69 Å². The first-order chi connectivity index (χ1) is 19.3. The standard InChI is InChI=1S/C26H35N5O9/c1-3-38-26(36)40-30-14-12-29(13-15-30)25(35)20(10-11-23(32)33)27-24(34)21-18-22(39-17-7-16-37-2)31(28-21)19-8-5-4-6-9-19/h4-6,8-9,18,20H,3,7,10-17H2,1-2H3,(H,27,34)(H,32,33)/t20-/m0/s1. The molecule has 218 valence electrons. The number of nitrogens with one attached hydrogen (secondary N) is 1. The SMILES string of the molecule is CCOC(=O)ON1CCN(C(=O)[C@H](CCC(=O)O)NC(=O)c2cc(OCCCOC)n(-c3ccccc3)n2)CC1. The molecule has 0 unspecified atom stereocenters. The van der Waals surface area contributed by atoms with Gasteiger partial charge in [-0.15, -0.1) is 5.06 Å². The topological polar surface area (TPSA) is 162 Å². The number of benzene rings is 1. The number of para-hydroxylation sites is 1. The summed E-state index contributed by atoms with van der Waals surface area (Å²) in [4.78, 5) is 55.9. The normalized spacial score (nSPS) is 14.3. The second kappa shape index (κ2) is 15.4. The predicted molar refractivity (Wildman–Crippen MR) is 140 cm³/mol. The molecule has 1 aliphatic rings. The lowest BCUT2D eigenvalue weighted by molar-refractivity contribution is -0.157. The Morgan fingerprint density at radius 1 is 1.07 bits per heavy atom. The molecule has 1 aliphatic heterocycles. The highest BCUT2D eigenvalue weighted by molar-refractivity contribution is 5.96. The van der Waals surface area contributed by atoms with Crippen LogP contribution in [0.15, 0.2) is 36.4 Å². The van der Waals surface area contributed by atoms with Crippen LogP contribution in [0.5, 0.6) is 5.88 Å². The molecule has 1 atom stereocenters. The summed E-state index contributed by atoms with van der Waals surface area (Å²) in [5.74, 6) is -1.85. The number of carboxylic acid groups (broad SMARTS) is 1. The average molecular weight is 562 g/mol. The van der Waals surface area contributed by atoms with Gasteiger partial charge >= 0.3 is 12.1 Å². The molecule has 1 fully saturated rings. The zero-order valence-corrected chi connectivity index (χ0v) is 22.6. The van der Waals surface area contributed by atoms with Crippen LogP contribution in [0, 0.1) is 0 Å². The van der Waals surface area contributed by atoms with Gasteiger partial charge in [0.1, 0.15) is 6.04 Å². The molecule has 0 bridgehead atoms. The summed E-state index contributed by atoms with van der Waals surface area (Å²) >= 11 is 0. The Morgan fingerprint density at radius 2 is 1.80 bits per heavy atom. The van der Waals surface area contributed by atoms with E-state index < -0.39 is 30.0 Å². The fourth-order valence-corrected chi connectivity index (χ4v) is 3.94. The number of amides is 2. The van der Waals surface area contributed by atoms with Crippen molar-refractivity contribution in [2.75, 3.05) is 53.1 Å². The molecule has 0 spiro atoms. The minimum Gasteiger partial charge on any atom is -0.481 e. The van der Waals surface area contributed by atoms with Gasteiger partial charge in [0.05, 0.1) is 32.0 Å². The van der Waals surface area contributed by atoms with Crippen molar-refractivity contribution in [2.24, 2.45) is 0 Å². The summed E-state index contributed by atoms with van der Waals surface area (Å²) in [5, 5.41) is 17.6. The van der Waals surface area contributed by atoms with Crippen molar-refractivity contribution in [1.29, 1.82) is 0 Å². The third kappa shape index (κ3) is 8.95. The summed E-state index contributed by atoms with van der Waals surface area (Å²) in [6.45, 7) is 3.55. The van der Waals surface area contributed by atoms with Crippen LogP contribution in [0.2, 0.25) is 0 Å². The minimum atomic E-state index is -1.10. The van der Waals surface area contributed by atoms with Crippen molar-refractivity contribution >= 4 is 23.9 Å². The van der Waals surface area contributed by atoms with Crippen molar-refractivity contribution < 1.29 is 43.3 Å². The maximum Gasteiger partial charge on any atom is 0.527 e. The summed E-state index contributed by atoms with van der Waals surface area (Å²) < 4.78 is 17.1. The highest BCUT2D eigenvalue weighted by Gasteiger charge is 2.31. The van der Waals surface area contributed by atoms with E-state index in [1.165, 1.54) is 20.7 Å². The van der Waals surface area contributed by atoms with Crippen molar-refractivity contribution in [2.45, 2.75) is 32.2 Å². The Kier molecular flexibility index (Phi) is 11.7. The third-order valence-corrected chi connectivity index (χ3v) is 5.92. The molecule has 1 saturated heterocycles. The molecule has 3 rings (SSSR count).